The van der Waals surface area contributed by atoms with Crippen LogP contribution in [0, 0.1) is 5.92 Å². The molecule has 0 bridgehead atoms. The van der Waals surface area contributed by atoms with Gasteiger partial charge in [0.05, 0.1) is 4.90 Å². The fourth-order valence-electron chi connectivity index (χ4n) is 3.08. The second kappa shape index (κ2) is 10.9. The molecule has 178 valence electrons. The van der Waals surface area contributed by atoms with Crippen LogP contribution in [0.25, 0.3) is 0 Å². The summed E-state index contributed by atoms with van der Waals surface area (Å²) in [5, 5.41) is 5.38. The molecule has 2 amide bonds. The van der Waals surface area contributed by atoms with Crippen LogP contribution in [0.15, 0.2) is 29.2 Å². The van der Waals surface area contributed by atoms with Gasteiger partial charge in [-0.2, -0.15) is 4.31 Å². The number of amides is 2. The Bertz CT molecular complexity index is 939. The summed E-state index contributed by atoms with van der Waals surface area (Å²) in [6.45, 7) is 9.05. The van der Waals surface area contributed by atoms with Crippen LogP contribution in [-0.2, 0) is 24.3 Å². The number of esters is 1. The van der Waals surface area contributed by atoms with Crippen LogP contribution in [0.3, 0.4) is 0 Å². The second-order valence-corrected chi connectivity index (χ2v) is 10.1. The molecule has 1 saturated carbocycles. The second-order valence-electron chi connectivity index (χ2n) is 8.17. The van der Waals surface area contributed by atoms with E-state index in [1.807, 2.05) is 0 Å². The third-order valence-electron chi connectivity index (χ3n) is 5.23. The number of benzene rings is 1. The summed E-state index contributed by atoms with van der Waals surface area (Å²) >= 11 is 0. The summed E-state index contributed by atoms with van der Waals surface area (Å²) in [7, 11) is -3.73. The molecule has 0 radical (unpaired) electrons. The number of ether oxygens (including phenoxy) is 1. The zero-order valence-corrected chi connectivity index (χ0v) is 20.1. The van der Waals surface area contributed by atoms with Crippen molar-refractivity contribution in [1.29, 1.82) is 0 Å². The molecule has 1 unspecified atom stereocenters. The van der Waals surface area contributed by atoms with E-state index >= 15 is 0 Å². The van der Waals surface area contributed by atoms with Gasteiger partial charge in [-0.05, 0) is 43.9 Å². The van der Waals surface area contributed by atoms with Gasteiger partial charge in [-0.1, -0.05) is 33.8 Å². The Morgan fingerprint density at radius 3 is 2.28 bits per heavy atom. The average Bonchev–Trinajstić information content (AvgIpc) is 3.56. The van der Waals surface area contributed by atoms with Gasteiger partial charge in [0.2, 0.25) is 10.0 Å². The van der Waals surface area contributed by atoms with Crippen molar-refractivity contribution in [2.75, 3.05) is 13.1 Å². The number of hydrogen-bond donors (Lipinski definition) is 2. The summed E-state index contributed by atoms with van der Waals surface area (Å²) < 4.78 is 32.1. The Morgan fingerprint density at radius 1 is 1.12 bits per heavy atom. The number of carbonyl (C=O) groups excluding carboxylic acids is 3. The Labute approximate surface area is 189 Å². The molecule has 1 aromatic carbocycles. The Kier molecular flexibility index (Phi) is 8.80. The predicted octanol–water partition coefficient (Wildman–Crippen LogP) is 1.68. The zero-order chi connectivity index (χ0) is 24.1. The van der Waals surface area contributed by atoms with Gasteiger partial charge in [-0.25, -0.2) is 13.2 Å². The number of nitrogens with one attached hydrogen (secondary N) is 2. The van der Waals surface area contributed by atoms with Crippen LogP contribution < -0.4 is 10.6 Å². The minimum Gasteiger partial charge on any atom is -0.451 e. The van der Waals surface area contributed by atoms with Crippen LogP contribution in [0.4, 0.5) is 0 Å². The minimum absolute atomic E-state index is 0.00268. The van der Waals surface area contributed by atoms with E-state index in [1.54, 1.807) is 27.7 Å². The summed E-state index contributed by atoms with van der Waals surface area (Å²) in [5.74, 6) is -2.01. The van der Waals surface area contributed by atoms with Crippen molar-refractivity contribution < 1.29 is 27.5 Å². The lowest BCUT2D eigenvalue weighted by Crippen LogP contribution is -2.48. The Morgan fingerprint density at radius 2 is 1.75 bits per heavy atom. The third-order valence-corrected chi connectivity index (χ3v) is 7.28. The van der Waals surface area contributed by atoms with E-state index in [9.17, 15) is 22.8 Å². The standard InChI is InChI=1S/C22H33N3O6S/c1-6-25(7-2)32(29,30)18-10-8-9-16(13-18)21(27)24-19(14(3)4)22(28)31-15(5)20(26)23-17-11-12-17/h8-10,13-15,17,19H,6-7,11-12H2,1-5H3,(H,23,26)(H,24,27)/t15?,19-/m0/s1. The third kappa shape index (κ3) is 6.52. The number of nitrogens with zero attached hydrogens (tertiary/aromatic N) is 1. The molecule has 0 aliphatic heterocycles. The van der Waals surface area contributed by atoms with Gasteiger partial charge >= 0.3 is 5.97 Å². The topological polar surface area (TPSA) is 122 Å². The van der Waals surface area contributed by atoms with Crippen LogP contribution in [-0.4, -0.2) is 61.8 Å². The summed E-state index contributed by atoms with van der Waals surface area (Å²) in [4.78, 5) is 37.5. The molecule has 32 heavy (non-hydrogen) atoms. The van der Waals surface area contributed by atoms with Gasteiger partial charge in [0, 0.05) is 24.7 Å². The lowest BCUT2D eigenvalue weighted by Gasteiger charge is -2.23. The maximum absolute atomic E-state index is 12.8. The molecule has 10 heteroatoms. The highest BCUT2D eigenvalue weighted by molar-refractivity contribution is 7.89. The normalized spacial score (nSPS) is 15.8. The van der Waals surface area contributed by atoms with Gasteiger partial charge in [-0.15, -0.1) is 0 Å². The molecular weight excluding hydrogens is 434 g/mol. The lowest BCUT2D eigenvalue weighted by molar-refractivity contribution is -0.157. The van der Waals surface area contributed by atoms with E-state index in [4.69, 9.17) is 4.74 Å². The first-order valence-electron chi connectivity index (χ1n) is 10.9. The molecule has 0 heterocycles. The summed E-state index contributed by atoms with van der Waals surface area (Å²) in [6.07, 6.45) is 0.851. The monoisotopic (exact) mass is 467 g/mol. The number of rotatable bonds is 11. The number of sulfonamides is 1. The molecule has 0 saturated heterocycles. The van der Waals surface area contributed by atoms with Crippen molar-refractivity contribution in [3.05, 3.63) is 29.8 Å². The van der Waals surface area contributed by atoms with Gasteiger partial charge < -0.3 is 15.4 Å². The molecule has 1 aliphatic rings. The molecule has 2 atom stereocenters. The summed E-state index contributed by atoms with van der Waals surface area (Å²) in [5.41, 5.74) is 0.108. The predicted molar refractivity (Wildman–Crippen MR) is 119 cm³/mol. The SMILES string of the molecule is CCN(CC)S(=O)(=O)c1cccc(C(=O)N[C@H](C(=O)OC(C)C(=O)NC2CC2)C(C)C)c1. The highest BCUT2D eigenvalue weighted by atomic mass is 32.2. The molecule has 0 aromatic heterocycles. The fourth-order valence-corrected chi connectivity index (χ4v) is 4.58. The van der Waals surface area contributed by atoms with Crippen LogP contribution in [0.5, 0.6) is 0 Å². The first kappa shape index (κ1) is 25.8. The van der Waals surface area contributed by atoms with Crippen LogP contribution in [0.1, 0.15) is 57.8 Å². The van der Waals surface area contributed by atoms with E-state index < -0.39 is 34.0 Å². The number of carbonyl (C=O) groups is 3. The first-order valence-corrected chi connectivity index (χ1v) is 12.4. The van der Waals surface area contributed by atoms with E-state index in [1.165, 1.54) is 35.5 Å². The highest BCUT2D eigenvalue weighted by Crippen LogP contribution is 2.19. The molecule has 2 rings (SSSR count). The van der Waals surface area contributed by atoms with E-state index in [0.29, 0.717) is 13.1 Å². The van der Waals surface area contributed by atoms with E-state index in [2.05, 4.69) is 10.6 Å². The molecule has 2 N–H and O–H groups in total. The quantitative estimate of drug-likeness (QED) is 0.478. The van der Waals surface area contributed by atoms with Crippen molar-refractivity contribution >= 4 is 27.8 Å². The molecule has 1 fully saturated rings. The molecule has 9 nitrogen and oxygen atoms in total. The maximum atomic E-state index is 12.8. The van der Waals surface area contributed by atoms with Crippen molar-refractivity contribution in [3.8, 4) is 0 Å². The van der Waals surface area contributed by atoms with Gasteiger partial charge in [0.15, 0.2) is 6.10 Å². The van der Waals surface area contributed by atoms with Crippen LogP contribution >= 0.6 is 0 Å². The fraction of sp³-hybridized carbons (Fsp3) is 0.591. The minimum atomic E-state index is -3.73. The highest BCUT2D eigenvalue weighted by Gasteiger charge is 2.32. The van der Waals surface area contributed by atoms with Crippen molar-refractivity contribution in [2.24, 2.45) is 5.92 Å². The lowest BCUT2D eigenvalue weighted by atomic mass is 10.0. The molecule has 1 aromatic rings. The first-order chi connectivity index (χ1) is 15.0. The van der Waals surface area contributed by atoms with Gasteiger partial charge in [0.1, 0.15) is 6.04 Å². The average molecular weight is 468 g/mol. The van der Waals surface area contributed by atoms with Gasteiger partial charge in [-0.3, -0.25) is 9.59 Å². The Balaban J connectivity index is 2.12. The largest absolute Gasteiger partial charge is 0.451 e. The van der Waals surface area contributed by atoms with E-state index in [-0.39, 0.29) is 28.3 Å². The molecule has 1 aliphatic carbocycles. The summed E-state index contributed by atoms with van der Waals surface area (Å²) in [6, 6.07) is 4.82. The van der Waals surface area contributed by atoms with Crippen molar-refractivity contribution in [3.63, 3.8) is 0 Å². The van der Waals surface area contributed by atoms with Crippen molar-refractivity contribution in [1.82, 2.24) is 14.9 Å². The number of hydrogen-bond acceptors (Lipinski definition) is 6. The zero-order valence-electron chi connectivity index (χ0n) is 19.3. The smallest absolute Gasteiger partial charge is 0.329 e. The molecular formula is C22H33N3O6S. The van der Waals surface area contributed by atoms with Crippen LogP contribution in [0.2, 0.25) is 0 Å². The van der Waals surface area contributed by atoms with Gasteiger partial charge in [0.25, 0.3) is 11.8 Å². The Hall–Kier alpha value is -2.46. The maximum Gasteiger partial charge on any atom is 0.329 e. The van der Waals surface area contributed by atoms with Crippen molar-refractivity contribution in [2.45, 2.75) is 70.5 Å². The molecule has 0 spiro atoms. The van der Waals surface area contributed by atoms with E-state index in [0.717, 1.165) is 12.8 Å².